The number of hydrogen-bond acceptors (Lipinski definition) is 4. The summed E-state index contributed by atoms with van der Waals surface area (Å²) in [7, 11) is 0. The molecule has 0 aliphatic heterocycles. The predicted octanol–water partition coefficient (Wildman–Crippen LogP) is 7.95. The van der Waals surface area contributed by atoms with Crippen LogP contribution in [-0.4, -0.2) is 25.5 Å². The first-order valence-corrected chi connectivity index (χ1v) is 12.6. The normalized spacial score (nSPS) is 10.5. The molecule has 0 bridgehead atoms. The van der Waals surface area contributed by atoms with Gasteiger partial charge >= 0.3 is 0 Å². The van der Waals surface area contributed by atoms with E-state index in [0.717, 1.165) is 59.3 Å². The summed E-state index contributed by atoms with van der Waals surface area (Å²) in [5, 5.41) is 3.96. The van der Waals surface area contributed by atoms with Gasteiger partial charge in [-0.2, -0.15) is 0 Å². The molecule has 0 saturated carbocycles. The third-order valence-electron chi connectivity index (χ3n) is 4.48. The number of unbranched alkanes of at least 4 members (excludes halogenated alkanes) is 4. The summed E-state index contributed by atoms with van der Waals surface area (Å²) in [4.78, 5) is 5.23. The zero-order valence-electron chi connectivity index (χ0n) is 18.9. The van der Waals surface area contributed by atoms with Gasteiger partial charge in [0.25, 0.3) is 0 Å². The van der Waals surface area contributed by atoms with Gasteiger partial charge in [0.1, 0.15) is 24.7 Å². The molecule has 170 valence electrons. The molecule has 0 fully saturated rings. The van der Waals surface area contributed by atoms with Gasteiger partial charge in [-0.05, 0) is 107 Å². The number of rotatable bonds is 16. The lowest BCUT2D eigenvalue weighted by Crippen LogP contribution is -2.05. The monoisotopic (exact) mass is 545 g/mol. The summed E-state index contributed by atoms with van der Waals surface area (Å²) in [6, 6.07) is 4.25. The van der Waals surface area contributed by atoms with Crippen molar-refractivity contribution in [2.24, 2.45) is 5.16 Å². The molecule has 1 aromatic carbocycles. The van der Waals surface area contributed by atoms with Crippen molar-refractivity contribution in [3.8, 4) is 11.5 Å². The van der Waals surface area contributed by atoms with E-state index in [4.69, 9.17) is 14.3 Å². The Morgan fingerprint density at radius 1 is 0.933 bits per heavy atom. The van der Waals surface area contributed by atoms with Crippen LogP contribution in [0.5, 0.6) is 11.5 Å². The first-order valence-electron chi connectivity index (χ1n) is 11.0. The first kappa shape index (κ1) is 27.0. The Balaban J connectivity index is 2.49. The van der Waals surface area contributed by atoms with E-state index in [-0.39, 0.29) is 0 Å². The highest BCUT2D eigenvalue weighted by molar-refractivity contribution is 9.28. The molecule has 4 nitrogen and oxygen atoms in total. The number of benzene rings is 1. The van der Waals surface area contributed by atoms with E-state index in [1.807, 2.05) is 19.9 Å². The van der Waals surface area contributed by atoms with Crippen LogP contribution in [0.1, 0.15) is 77.3 Å². The molecule has 0 aliphatic carbocycles. The molecule has 0 amide bonds. The maximum absolute atomic E-state index is 6.26. The second-order valence-corrected chi connectivity index (χ2v) is 10.2. The van der Waals surface area contributed by atoms with Crippen LogP contribution in [-0.2, 0) is 17.7 Å². The summed E-state index contributed by atoms with van der Waals surface area (Å²) < 4.78 is 13.1. The van der Waals surface area contributed by atoms with Crippen LogP contribution >= 0.6 is 31.9 Å². The number of halogens is 2. The molecule has 6 heteroatoms. The minimum absolute atomic E-state index is 0.524. The third kappa shape index (κ3) is 12.0. The van der Waals surface area contributed by atoms with Crippen molar-refractivity contribution < 1.29 is 14.3 Å². The quantitative estimate of drug-likeness (QED) is 0.120. The second-order valence-electron chi connectivity index (χ2n) is 7.47. The molecule has 1 rings (SSSR count). The number of hydrogen-bond donors (Lipinski definition) is 0. The molecule has 0 aliphatic rings. The average Bonchev–Trinajstić information content (AvgIpc) is 2.70. The fraction of sp³-hybridized carbons (Fsp3) is 0.625. The summed E-state index contributed by atoms with van der Waals surface area (Å²) >= 11 is 6.72. The molecule has 0 unspecified atom stereocenters. The molecule has 0 aromatic heterocycles. The minimum atomic E-state index is 0.524. The van der Waals surface area contributed by atoms with Gasteiger partial charge in [0.15, 0.2) is 0 Å². The van der Waals surface area contributed by atoms with Gasteiger partial charge in [-0.1, -0.05) is 38.3 Å². The molecule has 0 heterocycles. The highest BCUT2D eigenvalue weighted by Gasteiger charge is 2.12. The zero-order chi connectivity index (χ0) is 22.2. The van der Waals surface area contributed by atoms with Gasteiger partial charge in [-0.15, -0.1) is 0 Å². The molecular formula is C24H37Br2NO3. The molecule has 0 spiro atoms. The fourth-order valence-corrected chi connectivity index (χ4v) is 3.32. The van der Waals surface area contributed by atoms with Gasteiger partial charge in [0, 0.05) is 0 Å². The van der Waals surface area contributed by atoms with Crippen LogP contribution < -0.4 is 9.47 Å². The standard InChI is InChI=1S/C24H37Br2NO3/c1-5-12-21-18-22(28-16-13-23(25)26)17-20(6-2)24(21)29-14-10-8-7-9-11-15-30-27-19(3)4/h13,17-18H,5-12,14-16H2,1-4H3. The van der Waals surface area contributed by atoms with Crippen LogP contribution in [0.15, 0.2) is 26.8 Å². The van der Waals surface area contributed by atoms with Crippen molar-refractivity contribution in [2.45, 2.75) is 79.1 Å². The van der Waals surface area contributed by atoms with Crippen molar-refractivity contribution in [1.29, 1.82) is 0 Å². The maximum atomic E-state index is 6.26. The lowest BCUT2D eigenvalue weighted by molar-refractivity contribution is 0.139. The Morgan fingerprint density at radius 3 is 2.23 bits per heavy atom. The lowest BCUT2D eigenvalue weighted by Gasteiger charge is -2.17. The predicted molar refractivity (Wildman–Crippen MR) is 135 cm³/mol. The second kappa shape index (κ2) is 16.7. The summed E-state index contributed by atoms with van der Waals surface area (Å²) in [5.74, 6) is 1.97. The van der Waals surface area contributed by atoms with Crippen molar-refractivity contribution in [3.05, 3.63) is 32.7 Å². The van der Waals surface area contributed by atoms with Crippen LogP contribution in [0, 0.1) is 0 Å². The van der Waals surface area contributed by atoms with E-state index >= 15 is 0 Å². The van der Waals surface area contributed by atoms with Crippen molar-refractivity contribution in [1.82, 2.24) is 0 Å². The smallest absolute Gasteiger partial charge is 0.125 e. The largest absolute Gasteiger partial charge is 0.493 e. The van der Waals surface area contributed by atoms with Crippen LogP contribution in [0.2, 0.25) is 0 Å². The average molecular weight is 547 g/mol. The molecule has 0 atom stereocenters. The summed E-state index contributed by atoms with van der Waals surface area (Å²) in [6.45, 7) is 10.2. The van der Waals surface area contributed by atoms with Crippen LogP contribution in [0.4, 0.5) is 0 Å². The fourth-order valence-electron chi connectivity index (χ4n) is 3.06. The van der Waals surface area contributed by atoms with Gasteiger partial charge in [-0.3, -0.25) is 0 Å². The van der Waals surface area contributed by atoms with Gasteiger partial charge in [0.05, 0.1) is 15.7 Å². The number of nitrogens with zero attached hydrogens (tertiary/aromatic N) is 1. The molecule has 0 radical (unpaired) electrons. The van der Waals surface area contributed by atoms with Crippen LogP contribution in [0.3, 0.4) is 0 Å². The minimum Gasteiger partial charge on any atom is -0.493 e. The zero-order valence-corrected chi connectivity index (χ0v) is 22.1. The number of ether oxygens (including phenoxy) is 2. The molecule has 30 heavy (non-hydrogen) atoms. The number of aryl methyl sites for hydroxylation is 2. The Morgan fingerprint density at radius 2 is 1.60 bits per heavy atom. The summed E-state index contributed by atoms with van der Waals surface area (Å²) in [5.41, 5.74) is 3.43. The first-order chi connectivity index (χ1) is 14.5. The molecule has 1 aromatic rings. The number of oxime groups is 1. The van der Waals surface area contributed by atoms with Gasteiger partial charge < -0.3 is 14.3 Å². The SMILES string of the molecule is CCCc1cc(OCC=C(Br)Br)cc(CC)c1OCCCCCCCON=C(C)C. The van der Waals surface area contributed by atoms with Crippen molar-refractivity contribution >= 4 is 37.6 Å². The van der Waals surface area contributed by atoms with E-state index < -0.39 is 0 Å². The Kier molecular flexibility index (Phi) is 15.0. The molecular weight excluding hydrogens is 510 g/mol. The van der Waals surface area contributed by atoms with Crippen molar-refractivity contribution in [3.63, 3.8) is 0 Å². The van der Waals surface area contributed by atoms with Crippen molar-refractivity contribution in [2.75, 3.05) is 19.8 Å². The Hall–Kier alpha value is -1.01. The Bertz CT molecular complexity index is 667. The van der Waals surface area contributed by atoms with Gasteiger partial charge in [-0.25, -0.2) is 0 Å². The summed E-state index contributed by atoms with van der Waals surface area (Å²) in [6.07, 6.45) is 10.6. The highest BCUT2D eigenvalue weighted by atomic mass is 79.9. The maximum Gasteiger partial charge on any atom is 0.125 e. The lowest BCUT2D eigenvalue weighted by atomic mass is 10.0. The van der Waals surface area contributed by atoms with E-state index in [1.165, 1.54) is 30.4 Å². The van der Waals surface area contributed by atoms with E-state index in [1.54, 1.807) is 0 Å². The topological polar surface area (TPSA) is 40.0 Å². The van der Waals surface area contributed by atoms with Crippen LogP contribution in [0.25, 0.3) is 0 Å². The highest BCUT2D eigenvalue weighted by Crippen LogP contribution is 2.32. The third-order valence-corrected chi connectivity index (χ3v) is 5.13. The molecule has 0 N–H and O–H groups in total. The van der Waals surface area contributed by atoms with E-state index in [2.05, 4.69) is 63.0 Å². The Labute approximate surface area is 199 Å². The van der Waals surface area contributed by atoms with E-state index in [9.17, 15) is 0 Å². The van der Waals surface area contributed by atoms with E-state index in [0.29, 0.717) is 13.2 Å². The van der Waals surface area contributed by atoms with Gasteiger partial charge in [0.2, 0.25) is 0 Å². The molecule has 0 saturated heterocycles.